The first-order valence-corrected chi connectivity index (χ1v) is 8.19. The molecule has 0 radical (unpaired) electrons. The van der Waals surface area contributed by atoms with Crippen LogP contribution < -0.4 is 0 Å². The van der Waals surface area contributed by atoms with Crippen molar-refractivity contribution in [1.29, 1.82) is 0 Å². The molecule has 0 saturated heterocycles. The van der Waals surface area contributed by atoms with Gasteiger partial charge >= 0.3 is 0 Å². The van der Waals surface area contributed by atoms with Gasteiger partial charge < -0.3 is 4.74 Å². The second kappa shape index (κ2) is 7.30. The lowest BCUT2D eigenvalue weighted by Crippen LogP contribution is -2.17. The smallest absolute Gasteiger partial charge is 0.0925 e. The van der Waals surface area contributed by atoms with Crippen molar-refractivity contribution in [2.24, 2.45) is 0 Å². The number of rotatable bonds is 4. The van der Waals surface area contributed by atoms with Crippen molar-refractivity contribution in [3.8, 4) is 0 Å². The van der Waals surface area contributed by atoms with Gasteiger partial charge in [-0.2, -0.15) is 0 Å². The van der Waals surface area contributed by atoms with Gasteiger partial charge in [0.05, 0.1) is 12.2 Å². The highest BCUT2D eigenvalue weighted by molar-refractivity contribution is 9.09. The largest absolute Gasteiger partial charge is 0.369 e. The molecule has 1 aromatic rings. The summed E-state index contributed by atoms with van der Waals surface area (Å²) < 4.78 is 6.31. The van der Waals surface area contributed by atoms with Crippen LogP contribution in [-0.4, -0.2) is 11.4 Å². The zero-order valence-electron chi connectivity index (χ0n) is 11.2. The minimum absolute atomic E-state index is 0.202. The average molecular weight is 311 g/mol. The molecule has 18 heavy (non-hydrogen) atoms. The van der Waals surface area contributed by atoms with Crippen molar-refractivity contribution in [2.45, 2.75) is 57.7 Å². The molecule has 0 N–H and O–H groups in total. The zero-order valence-corrected chi connectivity index (χ0v) is 12.8. The third-order valence-corrected chi connectivity index (χ3v) is 4.30. The average Bonchev–Trinajstić information content (AvgIpc) is 2.64. The number of benzene rings is 1. The Kier molecular flexibility index (Phi) is 5.71. The van der Waals surface area contributed by atoms with E-state index in [9.17, 15) is 0 Å². The molecule has 1 nitrogen and oxygen atoms in total. The maximum Gasteiger partial charge on any atom is 0.0925 e. The molecule has 1 aliphatic carbocycles. The van der Waals surface area contributed by atoms with E-state index in [0.717, 1.165) is 5.33 Å². The van der Waals surface area contributed by atoms with Gasteiger partial charge in [0.25, 0.3) is 0 Å². The fourth-order valence-electron chi connectivity index (χ4n) is 2.68. The molecule has 1 aromatic carbocycles. The van der Waals surface area contributed by atoms with E-state index in [4.69, 9.17) is 4.74 Å². The summed E-state index contributed by atoms with van der Waals surface area (Å²) in [5.74, 6) is 0. The summed E-state index contributed by atoms with van der Waals surface area (Å²) in [6.07, 6.45) is 8.53. The van der Waals surface area contributed by atoms with E-state index in [2.05, 4.69) is 47.1 Å². The topological polar surface area (TPSA) is 9.23 Å². The van der Waals surface area contributed by atoms with Gasteiger partial charge in [0.2, 0.25) is 0 Å². The predicted molar refractivity (Wildman–Crippen MR) is 80.3 cm³/mol. The van der Waals surface area contributed by atoms with Crippen LogP contribution in [0.2, 0.25) is 0 Å². The van der Waals surface area contributed by atoms with Crippen LogP contribution >= 0.6 is 15.9 Å². The normalized spacial score (nSPS) is 19.4. The van der Waals surface area contributed by atoms with E-state index in [1.165, 1.54) is 49.7 Å². The monoisotopic (exact) mass is 310 g/mol. The van der Waals surface area contributed by atoms with Crippen LogP contribution in [-0.2, 0) is 4.74 Å². The number of hydrogen-bond donors (Lipinski definition) is 0. The van der Waals surface area contributed by atoms with Gasteiger partial charge in [0, 0.05) is 5.33 Å². The minimum Gasteiger partial charge on any atom is -0.369 e. The van der Waals surface area contributed by atoms with E-state index >= 15 is 0 Å². The number of hydrogen-bond acceptors (Lipinski definition) is 1. The molecular formula is C16H23BrO. The number of halogens is 1. The Hall–Kier alpha value is -0.340. The molecule has 0 aromatic heterocycles. The van der Waals surface area contributed by atoms with Gasteiger partial charge in [-0.25, -0.2) is 0 Å². The van der Waals surface area contributed by atoms with Crippen molar-refractivity contribution in [3.63, 3.8) is 0 Å². The summed E-state index contributed by atoms with van der Waals surface area (Å²) in [7, 11) is 0. The summed E-state index contributed by atoms with van der Waals surface area (Å²) in [4.78, 5) is 0. The van der Waals surface area contributed by atoms with Crippen molar-refractivity contribution in [2.75, 3.05) is 5.33 Å². The molecule has 0 aliphatic heterocycles. The summed E-state index contributed by atoms with van der Waals surface area (Å²) in [5, 5.41) is 0.882. The Balaban J connectivity index is 1.99. The highest BCUT2D eigenvalue weighted by Gasteiger charge is 2.19. The van der Waals surface area contributed by atoms with Crippen LogP contribution in [0, 0.1) is 6.92 Å². The Labute approximate surface area is 119 Å². The minimum atomic E-state index is 0.202. The van der Waals surface area contributed by atoms with Crippen LogP contribution in [0.4, 0.5) is 0 Å². The van der Waals surface area contributed by atoms with Crippen LogP contribution in [0.25, 0.3) is 0 Å². The van der Waals surface area contributed by atoms with Crippen molar-refractivity contribution < 1.29 is 4.74 Å². The summed E-state index contributed by atoms with van der Waals surface area (Å²) in [6, 6.07) is 8.68. The van der Waals surface area contributed by atoms with Gasteiger partial charge in [-0.15, -0.1) is 0 Å². The quantitative estimate of drug-likeness (QED) is 0.550. The van der Waals surface area contributed by atoms with E-state index in [1.807, 2.05) is 0 Å². The van der Waals surface area contributed by atoms with Crippen molar-refractivity contribution >= 4 is 15.9 Å². The Morgan fingerprint density at radius 2 is 1.94 bits per heavy atom. The van der Waals surface area contributed by atoms with Crippen LogP contribution in [0.1, 0.15) is 55.8 Å². The van der Waals surface area contributed by atoms with E-state index in [1.54, 1.807) is 0 Å². The Morgan fingerprint density at radius 1 is 1.22 bits per heavy atom. The summed E-state index contributed by atoms with van der Waals surface area (Å²) in [6.45, 7) is 2.14. The first kappa shape index (κ1) is 14.1. The highest BCUT2D eigenvalue weighted by Crippen LogP contribution is 2.28. The van der Waals surface area contributed by atoms with Crippen LogP contribution in [0.5, 0.6) is 0 Å². The third-order valence-electron chi connectivity index (χ3n) is 3.71. The molecule has 1 aliphatic rings. The third kappa shape index (κ3) is 4.10. The van der Waals surface area contributed by atoms with E-state index < -0.39 is 0 Å². The molecule has 2 heteroatoms. The van der Waals surface area contributed by atoms with Gasteiger partial charge in [0.15, 0.2) is 0 Å². The summed E-state index contributed by atoms with van der Waals surface area (Å²) in [5.41, 5.74) is 2.61. The predicted octanol–water partition coefficient (Wildman–Crippen LogP) is 5.17. The fourth-order valence-corrected chi connectivity index (χ4v) is 3.21. The summed E-state index contributed by atoms with van der Waals surface area (Å²) >= 11 is 3.60. The van der Waals surface area contributed by atoms with Crippen LogP contribution in [0.15, 0.2) is 24.3 Å². The second-order valence-electron chi connectivity index (χ2n) is 5.31. The molecule has 0 bridgehead atoms. The van der Waals surface area contributed by atoms with Gasteiger partial charge in [-0.05, 0) is 25.3 Å². The molecule has 2 rings (SSSR count). The van der Waals surface area contributed by atoms with E-state index in [-0.39, 0.29) is 6.10 Å². The first-order chi connectivity index (χ1) is 8.79. The van der Waals surface area contributed by atoms with Crippen molar-refractivity contribution in [3.05, 3.63) is 35.4 Å². The molecule has 1 unspecified atom stereocenters. The van der Waals surface area contributed by atoms with Gasteiger partial charge in [-0.1, -0.05) is 71.4 Å². The maximum absolute atomic E-state index is 6.31. The molecule has 100 valence electrons. The lowest BCUT2D eigenvalue weighted by molar-refractivity contribution is -0.00793. The first-order valence-electron chi connectivity index (χ1n) is 7.07. The number of alkyl halides is 1. The SMILES string of the molecule is Cc1cccc(C(CBr)OC2CCCCCC2)c1. The lowest BCUT2D eigenvalue weighted by Gasteiger charge is -2.23. The number of aryl methyl sites for hydroxylation is 1. The molecule has 1 saturated carbocycles. The molecule has 0 amide bonds. The van der Waals surface area contributed by atoms with Crippen LogP contribution in [0.3, 0.4) is 0 Å². The van der Waals surface area contributed by atoms with E-state index in [0.29, 0.717) is 6.10 Å². The molecular weight excluding hydrogens is 288 g/mol. The van der Waals surface area contributed by atoms with Gasteiger partial charge in [-0.3, -0.25) is 0 Å². The molecule has 1 atom stereocenters. The number of ether oxygens (including phenoxy) is 1. The highest BCUT2D eigenvalue weighted by atomic mass is 79.9. The standard InChI is InChI=1S/C16H23BrO/c1-13-7-6-8-14(11-13)16(12-17)18-15-9-4-2-3-5-10-15/h6-8,11,15-16H,2-5,9-10,12H2,1H3. The molecule has 0 heterocycles. The maximum atomic E-state index is 6.31. The molecule has 0 spiro atoms. The zero-order chi connectivity index (χ0) is 12.8. The second-order valence-corrected chi connectivity index (χ2v) is 5.95. The molecule has 1 fully saturated rings. The van der Waals surface area contributed by atoms with Gasteiger partial charge in [0.1, 0.15) is 0 Å². The lowest BCUT2D eigenvalue weighted by atomic mass is 10.1. The van der Waals surface area contributed by atoms with Crippen molar-refractivity contribution in [1.82, 2.24) is 0 Å². The Morgan fingerprint density at radius 3 is 2.56 bits per heavy atom. The Bertz CT molecular complexity index is 356. The fraction of sp³-hybridized carbons (Fsp3) is 0.625.